The Hall–Kier alpha value is -2.48. The number of rotatable bonds is 3. The van der Waals surface area contributed by atoms with Crippen LogP contribution in [0.4, 0.5) is 11.4 Å². The van der Waals surface area contributed by atoms with Crippen molar-refractivity contribution in [3.8, 4) is 0 Å². The van der Waals surface area contributed by atoms with Gasteiger partial charge in [0.15, 0.2) is 0 Å². The molecule has 4 heterocycles. The molecule has 23 heavy (non-hydrogen) atoms. The third-order valence-electron chi connectivity index (χ3n) is 5.02. The Morgan fingerprint density at radius 1 is 1.35 bits per heavy atom. The number of hydrazine groups is 1. The summed E-state index contributed by atoms with van der Waals surface area (Å²) in [6.45, 7) is 3.20. The molecule has 5 rings (SSSR count). The fourth-order valence-corrected chi connectivity index (χ4v) is 3.72. The third-order valence-corrected chi connectivity index (χ3v) is 5.02. The van der Waals surface area contributed by atoms with E-state index in [0.717, 1.165) is 32.5 Å². The Bertz CT molecular complexity index is 682. The number of nitrogens with one attached hydrogen (secondary N) is 3. The molecule has 0 saturated carbocycles. The van der Waals surface area contributed by atoms with Gasteiger partial charge in [0, 0.05) is 30.3 Å². The van der Waals surface area contributed by atoms with Crippen molar-refractivity contribution >= 4 is 17.1 Å². The molecular formula is C15H19N5O3. The fraction of sp³-hybridized carbons (Fsp3) is 0.467. The number of aliphatic hydroxyl groups excluding tert-OH is 1. The third kappa shape index (κ3) is 2.44. The van der Waals surface area contributed by atoms with Crippen molar-refractivity contribution < 1.29 is 10.0 Å². The second kappa shape index (κ2) is 5.31. The average molecular weight is 317 g/mol. The Morgan fingerprint density at radius 2 is 2.13 bits per heavy atom. The van der Waals surface area contributed by atoms with Gasteiger partial charge in [-0.2, -0.15) is 0 Å². The Morgan fingerprint density at radius 3 is 2.78 bits per heavy atom. The molecule has 8 nitrogen and oxygen atoms in total. The predicted octanol–water partition coefficient (Wildman–Crippen LogP) is 1.39. The van der Waals surface area contributed by atoms with Crippen LogP contribution in [-0.2, 0) is 0 Å². The molecule has 3 saturated heterocycles. The van der Waals surface area contributed by atoms with E-state index in [2.05, 4.69) is 21.1 Å². The van der Waals surface area contributed by atoms with Gasteiger partial charge in [0.05, 0.1) is 10.6 Å². The molecular weight excluding hydrogens is 298 g/mol. The maximum atomic E-state index is 10.9. The van der Waals surface area contributed by atoms with Crippen LogP contribution in [0.5, 0.6) is 0 Å². The van der Waals surface area contributed by atoms with Gasteiger partial charge in [-0.05, 0) is 37.9 Å². The highest BCUT2D eigenvalue weighted by molar-refractivity contribution is 5.83. The first-order valence-corrected chi connectivity index (χ1v) is 7.85. The molecule has 0 aromatic heterocycles. The van der Waals surface area contributed by atoms with Crippen LogP contribution in [0.15, 0.2) is 24.1 Å². The molecule has 0 radical (unpaired) electrons. The molecule has 2 bridgehead atoms. The van der Waals surface area contributed by atoms with Crippen LogP contribution >= 0.6 is 0 Å². The van der Waals surface area contributed by atoms with Crippen molar-refractivity contribution in [2.75, 3.05) is 25.1 Å². The van der Waals surface area contributed by atoms with Gasteiger partial charge < -0.3 is 20.7 Å². The number of benzene rings is 1. The van der Waals surface area contributed by atoms with Gasteiger partial charge in [0.2, 0.25) is 5.88 Å². The number of aliphatic hydroxyl groups is 1. The average Bonchev–Trinajstić information content (AvgIpc) is 2.99. The van der Waals surface area contributed by atoms with E-state index in [4.69, 9.17) is 0 Å². The molecule has 4 N–H and O–H groups in total. The molecule has 3 fully saturated rings. The SMILES string of the molecule is O=[N+]([O-])c1ccc2c(c1)C(=C(O)N[C@H]1CN3CCC1CC3)NN2. The molecule has 8 heteroatoms. The molecule has 0 unspecified atom stereocenters. The highest BCUT2D eigenvalue weighted by Crippen LogP contribution is 2.33. The molecule has 4 aliphatic rings. The zero-order valence-electron chi connectivity index (χ0n) is 12.6. The van der Waals surface area contributed by atoms with E-state index in [9.17, 15) is 15.2 Å². The maximum Gasteiger partial charge on any atom is 0.270 e. The van der Waals surface area contributed by atoms with Gasteiger partial charge in [-0.3, -0.25) is 15.5 Å². The van der Waals surface area contributed by atoms with Crippen molar-refractivity contribution in [1.29, 1.82) is 0 Å². The summed E-state index contributed by atoms with van der Waals surface area (Å²) in [4.78, 5) is 12.9. The zero-order valence-corrected chi connectivity index (χ0v) is 12.6. The van der Waals surface area contributed by atoms with Crippen LogP contribution in [0.3, 0.4) is 0 Å². The number of nitro benzene ring substituents is 1. The van der Waals surface area contributed by atoms with Gasteiger partial charge in [0.1, 0.15) is 5.70 Å². The van der Waals surface area contributed by atoms with Crippen LogP contribution in [0.2, 0.25) is 0 Å². The van der Waals surface area contributed by atoms with Crippen LogP contribution in [0.1, 0.15) is 18.4 Å². The molecule has 122 valence electrons. The largest absolute Gasteiger partial charge is 0.493 e. The minimum atomic E-state index is -0.436. The van der Waals surface area contributed by atoms with Gasteiger partial charge in [0.25, 0.3) is 5.69 Å². The summed E-state index contributed by atoms with van der Waals surface area (Å²) < 4.78 is 0. The first kappa shape index (κ1) is 14.1. The van der Waals surface area contributed by atoms with Gasteiger partial charge in [-0.1, -0.05) is 0 Å². The summed E-state index contributed by atoms with van der Waals surface area (Å²) in [5.41, 5.74) is 7.61. The highest BCUT2D eigenvalue weighted by Gasteiger charge is 2.35. The molecule has 4 aliphatic heterocycles. The number of non-ortho nitro benzene ring substituents is 1. The second-order valence-electron chi connectivity index (χ2n) is 6.35. The molecule has 1 aromatic carbocycles. The number of piperidine rings is 3. The Kier molecular flexibility index (Phi) is 3.26. The Labute approximate surface area is 133 Å². The number of anilines is 1. The van der Waals surface area contributed by atoms with E-state index in [1.54, 1.807) is 6.07 Å². The lowest BCUT2D eigenvalue weighted by Crippen LogP contribution is -2.55. The molecule has 1 atom stereocenters. The quantitative estimate of drug-likeness (QED) is 0.379. The Balaban J connectivity index is 1.59. The minimum absolute atomic E-state index is 0.00221. The predicted molar refractivity (Wildman–Crippen MR) is 85.5 cm³/mol. The maximum absolute atomic E-state index is 10.9. The zero-order chi connectivity index (χ0) is 16.0. The van der Waals surface area contributed by atoms with Crippen molar-refractivity contribution in [3.05, 3.63) is 39.8 Å². The summed E-state index contributed by atoms with van der Waals surface area (Å²) in [7, 11) is 0. The van der Waals surface area contributed by atoms with Crippen molar-refractivity contribution in [1.82, 2.24) is 15.6 Å². The van der Waals surface area contributed by atoms with E-state index in [-0.39, 0.29) is 17.6 Å². The standard InChI is InChI=1S/C15H19N5O3/c21-15(16-13-8-19-5-3-9(13)4-6-19)14-11-7-10(20(22)23)1-2-12(11)17-18-14/h1-2,7,9,13,16-18,21H,3-6,8H2/t13-/m0/s1. The summed E-state index contributed by atoms with van der Waals surface area (Å²) in [5.74, 6) is 0.609. The van der Waals surface area contributed by atoms with E-state index in [0.29, 0.717) is 22.9 Å². The summed E-state index contributed by atoms with van der Waals surface area (Å²) in [5, 5.41) is 24.6. The molecule has 0 aliphatic carbocycles. The van der Waals surface area contributed by atoms with Crippen molar-refractivity contribution in [3.63, 3.8) is 0 Å². The number of nitrogens with zero attached hydrogens (tertiary/aromatic N) is 2. The first-order valence-electron chi connectivity index (χ1n) is 7.85. The topological polar surface area (TPSA) is 103 Å². The normalized spacial score (nSPS) is 30.2. The van der Waals surface area contributed by atoms with Gasteiger partial charge in [-0.25, -0.2) is 0 Å². The first-order chi connectivity index (χ1) is 11.1. The minimum Gasteiger partial charge on any atom is -0.493 e. The molecule has 1 aromatic rings. The smallest absolute Gasteiger partial charge is 0.270 e. The second-order valence-corrected chi connectivity index (χ2v) is 6.35. The van der Waals surface area contributed by atoms with Crippen LogP contribution in [0.25, 0.3) is 5.70 Å². The number of hydrogen-bond donors (Lipinski definition) is 4. The van der Waals surface area contributed by atoms with Crippen LogP contribution in [-0.4, -0.2) is 40.6 Å². The van der Waals surface area contributed by atoms with E-state index < -0.39 is 4.92 Å². The van der Waals surface area contributed by atoms with E-state index in [1.165, 1.54) is 12.1 Å². The van der Waals surface area contributed by atoms with Gasteiger partial charge in [-0.15, -0.1) is 0 Å². The molecule has 0 amide bonds. The van der Waals surface area contributed by atoms with Crippen LogP contribution < -0.4 is 16.2 Å². The lowest BCUT2D eigenvalue weighted by atomic mass is 9.84. The number of nitro groups is 1. The molecule has 0 spiro atoms. The van der Waals surface area contributed by atoms with E-state index in [1.807, 2.05) is 0 Å². The monoisotopic (exact) mass is 317 g/mol. The van der Waals surface area contributed by atoms with E-state index >= 15 is 0 Å². The van der Waals surface area contributed by atoms with Crippen LogP contribution in [0, 0.1) is 16.0 Å². The fourth-order valence-electron chi connectivity index (χ4n) is 3.72. The lowest BCUT2D eigenvalue weighted by molar-refractivity contribution is -0.384. The summed E-state index contributed by atoms with van der Waals surface area (Å²) in [6.07, 6.45) is 2.29. The number of fused-ring (bicyclic) bond motifs is 4. The summed E-state index contributed by atoms with van der Waals surface area (Å²) >= 11 is 0. The van der Waals surface area contributed by atoms with Gasteiger partial charge >= 0.3 is 0 Å². The lowest BCUT2D eigenvalue weighted by Gasteiger charge is -2.45. The highest BCUT2D eigenvalue weighted by atomic mass is 16.6. The summed E-state index contributed by atoms with van der Waals surface area (Å²) in [6, 6.07) is 4.75. The van der Waals surface area contributed by atoms with Crippen molar-refractivity contribution in [2.24, 2.45) is 5.92 Å². The van der Waals surface area contributed by atoms with Crippen molar-refractivity contribution in [2.45, 2.75) is 18.9 Å². The number of hydrogen-bond acceptors (Lipinski definition) is 7.